The molecule has 3 N–H and O–H groups in total. The SMILES string of the molecule is CC(C)(C)[C@H](NC(=O)n1nc(-c2ccc(F)c(F)c2)c2c1COCC2)C(=O)NCCO. The molecule has 31 heavy (non-hydrogen) atoms. The van der Waals surface area contributed by atoms with Crippen molar-refractivity contribution < 1.29 is 28.2 Å². The molecule has 1 atom stereocenters. The Hall–Kier alpha value is -2.85. The minimum atomic E-state index is -1.01. The zero-order chi connectivity index (χ0) is 22.8. The van der Waals surface area contributed by atoms with E-state index in [1.165, 1.54) is 6.07 Å². The highest BCUT2D eigenvalue weighted by Gasteiger charge is 2.34. The number of nitrogens with zero attached hydrogens (tertiary/aromatic N) is 2. The Balaban J connectivity index is 1.96. The Morgan fingerprint density at radius 2 is 2.03 bits per heavy atom. The first-order chi connectivity index (χ1) is 14.6. The third-order valence-corrected chi connectivity index (χ3v) is 5.02. The number of halogens is 2. The molecule has 0 saturated heterocycles. The van der Waals surface area contributed by atoms with Crippen molar-refractivity contribution in [2.75, 3.05) is 19.8 Å². The van der Waals surface area contributed by atoms with Gasteiger partial charge in [0.2, 0.25) is 5.91 Å². The number of carbonyl (C=O) groups is 2. The van der Waals surface area contributed by atoms with Gasteiger partial charge in [-0.1, -0.05) is 20.8 Å². The molecular weight excluding hydrogens is 410 g/mol. The van der Waals surface area contributed by atoms with Crippen LogP contribution in [0.3, 0.4) is 0 Å². The number of benzene rings is 1. The second-order valence-electron chi connectivity index (χ2n) is 8.38. The summed E-state index contributed by atoms with van der Waals surface area (Å²) in [5.74, 6) is -2.42. The first kappa shape index (κ1) is 22.8. The lowest BCUT2D eigenvalue weighted by Crippen LogP contribution is -2.55. The van der Waals surface area contributed by atoms with Crippen molar-refractivity contribution >= 4 is 11.9 Å². The number of aliphatic hydroxyl groups is 1. The molecule has 0 bridgehead atoms. The van der Waals surface area contributed by atoms with E-state index in [1.807, 2.05) is 0 Å². The Labute approximate surface area is 178 Å². The van der Waals surface area contributed by atoms with Gasteiger partial charge in [0, 0.05) is 17.7 Å². The van der Waals surface area contributed by atoms with Crippen LogP contribution in [0.25, 0.3) is 11.3 Å². The fraction of sp³-hybridized carbons (Fsp3) is 0.476. The predicted octanol–water partition coefficient (Wildman–Crippen LogP) is 1.98. The van der Waals surface area contributed by atoms with Crippen molar-refractivity contribution in [2.24, 2.45) is 5.41 Å². The number of carbonyl (C=O) groups excluding carboxylic acids is 2. The summed E-state index contributed by atoms with van der Waals surface area (Å²) in [7, 11) is 0. The largest absolute Gasteiger partial charge is 0.395 e. The van der Waals surface area contributed by atoms with Crippen LogP contribution in [0.2, 0.25) is 0 Å². The van der Waals surface area contributed by atoms with Gasteiger partial charge in [0.05, 0.1) is 31.2 Å². The zero-order valence-electron chi connectivity index (χ0n) is 17.7. The molecular formula is C21H26F2N4O4. The number of hydrogen-bond donors (Lipinski definition) is 3. The topological polar surface area (TPSA) is 105 Å². The average molecular weight is 436 g/mol. The maximum atomic E-state index is 13.8. The van der Waals surface area contributed by atoms with E-state index >= 15 is 0 Å². The summed E-state index contributed by atoms with van der Waals surface area (Å²) in [6.45, 7) is 5.76. The molecule has 1 aliphatic heterocycles. The molecule has 1 aromatic carbocycles. The van der Waals surface area contributed by atoms with Crippen molar-refractivity contribution in [1.82, 2.24) is 20.4 Å². The molecule has 3 rings (SSSR count). The lowest BCUT2D eigenvalue weighted by molar-refractivity contribution is -0.125. The number of nitrogens with one attached hydrogen (secondary N) is 2. The fourth-order valence-electron chi connectivity index (χ4n) is 3.42. The van der Waals surface area contributed by atoms with E-state index in [1.54, 1.807) is 20.8 Å². The fourth-order valence-corrected chi connectivity index (χ4v) is 3.42. The Kier molecular flexibility index (Phi) is 6.71. The van der Waals surface area contributed by atoms with Gasteiger partial charge in [-0.05, 0) is 30.0 Å². The van der Waals surface area contributed by atoms with Crippen LogP contribution in [0.1, 0.15) is 32.0 Å². The van der Waals surface area contributed by atoms with Crippen LogP contribution in [-0.2, 0) is 22.6 Å². The van der Waals surface area contributed by atoms with Gasteiger partial charge >= 0.3 is 6.03 Å². The van der Waals surface area contributed by atoms with Crippen molar-refractivity contribution in [2.45, 2.75) is 39.8 Å². The molecule has 0 radical (unpaired) electrons. The summed E-state index contributed by atoms with van der Waals surface area (Å²) in [6.07, 6.45) is 0.455. The lowest BCUT2D eigenvalue weighted by Gasteiger charge is -2.30. The lowest BCUT2D eigenvalue weighted by atomic mass is 9.86. The number of hydrogen-bond acceptors (Lipinski definition) is 5. The molecule has 0 unspecified atom stereocenters. The smallest absolute Gasteiger partial charge is 0.343 e. The van der Waals surface area contributed by atoms with Gasteiger partial charge in [-0.3, -0.25) is 4.79 Å². The third-order valence-electron chi connectivity index (χ3n) is 5.02. The van der Waals surface area contributed by atoms with Crippen LogP contribution in [0.15, 0.2) is 18.2 Å². The van der Waals surface area contributed by atoms with Crippen LogP contribution >= 0.6 is 0 Å². The Morgan fingerprint density at radius 1 is 1.29 bits per heavy atom. The highest BCUT2D eigenvalue weighted by Crippen LogP contribution is 2.30. The number of aromatic nitrogens is 2. The molecule has 2 amide bonds. The van der Waals surface area contributed by atoms with Gasteiger partial charge in [-0.25, -0.2) is 13.6 Å². The van der Waals surface area contributed by atoms with Crippen LogP contribution in [0.5, 0.6) is 0 Å². The molecule has 0 saturated carbocycles. The molecule has 168 valence electrons. The molecule has 0 fully saturated rings. The van der Waals surface area contributed by atoms with E-state index in [0.717, 1.165) is 16.8 Å². The first-order valence-electron chi connectivity index (χ1n) is 9.97. The molecule has 10 heteroatoms. The summed E-state index contributed by atoms with van der Waals surface area (Å²) in [6, 6.07) is 1.91. The van der Waals surface area contributed by atoms with Crippen LogP contribution < -0.4 is 10.6 Å². The normalized spacial score (nSPS) is 14.6. The number of aliphatic hydroxyl groups excluding tert-OH is 1. The second kappa shape index (κ2) is 9.11. The maximum absolute atomic E-state index is 13.8. The maximum Gasteiger partial charge on any atom is 0.343 e. The van der Waals surface area contributed by atoms with Crippen LogP contribution in [0.4, 0.5) is 13.6 Å². The van der Waals surface area contributed by atoms with Crippen molar-refractivity contribution in [1.29, 1.82) is 0 Å². The van der Waals surface area contributed by atoms with Crippen LogP contribution in [-0.4, -0.2) is 52.6 Å². The molecule has 2 aromatic rings. The predicted molar refractivity (Wildman–Crippen MR) is 108 cm³/mol. The highest BCUT2D eigenvalue weighted by molar-refractivity contribution is 5.89. The molecule has 1 aliphatic rings. The number of rotatable bonds is 5. The summed E-state index contributed by atoms with van der Waals surface area (Å²) in [5, 5.41) is 18.6. The molecule has 0 spiro atoms. The quantitative estimate of drug-likeness (QED) is 0.665. The van der Waals surface area contributed by atoms with Gasteiger partial charge in [-0.15, -0.1) is 0 Å². The van der Waals surface area contributed by atoms with Gasteiger partial charge in [0.1, 0.15) is 6.04 Å². The standard InChI is InChI=1S/C21H26F2N4O4/c1-21(2,3)18(19(29)24-7-8-28)25-20(30)27-16-11-31-9-6-13(16)17(26-27)12-4-5-14(22)15(23)10-12/h4-5,10,18,28H,6-9,11H2,1-3H3,(H,24,29)(H,25,30)/t18-/m1/s1. The summed E-state index contributed by atoms with van der Waals surface area (Å²) >= 11 is 0. The molecule has 1 aromatic heterocycles. The van der Waals surface area contributed by atoms with E-state index in [2.05, 4.69) is 15.7 Å². The van der Waals surface area contributed by atoms with E-state index in [-0.39, 0.29) is 19.8 Å². The Bertz CT molecular complexity index is 984. The van der Waals surface area contributed by atoms with Crippen molar-refractivity contribution in [3.63, 3.8) is 0 Å². The summed E-state index contributed by atoms with van der Waals surface area (Å²) in [4.78, 5) is 25.6. The monoisotopic (exact) mass is 436 g/mol. The zero-order valence-corrected chi connectivity index (χ0v) is 17.7. The molecule has 0 aliphatic carbocycles. The minimum Gasteiger partial charge on any atom is -0.395 e. The second-order valence-corrected chi connectivity index (χ2v) is 8.38. The van der Waals surface area contributed by atoms with Crippen molar-refractivity contribution in [3.8, 4) is 11.3 Å². The van der Waals surface area contributed by atoms with Gasteiger partial charge < -0.3 is 20.5 Å². The number of amides is 2. The first-order valence-corrected chi connectivity index (χ1v) is 9.97. The van der Waals surface area contributed by atoms with Crippen LogP contribution in [0, 0.1) is 17.0 Å². The summed E-state index contributed by atoms with van der Waals surface area (Å²) < 4.78 is 33.7. The van der Waals surface area contributed by atoms with E-state index in [0.29, 0.717) is 35.5 Å². The van der Waals surface area contributed by atoms with E-state index in [9.17, 15) is 18.4 Å². The highest BCUT2D eigenvalue weighted by atomic mass is 19.2. The van der Waals surface area contributed by atoms with E-state index < -0.39 is 35.0 Å². The number of fused-ring (bicyclic) bond motifs is 1. The van der Waals surface area contributed by atoms with Gasteiger partial charge in [0.15, 0.2) is 11.6 Å². The average Bonchev–Trinajstić information content (AvgIpc) is 3.11. The number of ether oxygens (including phenoxy) is 1. The Morgan fingerprint density at radius 3 is 2.68 bits per heavy atom. The van der Waals surface area contributed by atoms with Crippen molar-refractivity contribution in [3.05, 3.63) is 41.1 Å². The molecule has 8 nitrogen and oxygen atoms in total. The van der Waals surface area contributed by atoms with Gasteiger partial charge in [0.25, 0.3) is 0 Å². The van der Waals surface area contributed by atoms with Gasteiger partial charge in [-0.2, -0.15) is 9.78 Å². The molecule has 2 heterocycles. The van der Waals surface area contributed by atoms with E-state index in [4.69, 9.17) is 9.84 Å². The third kappa shape index (κ3) is 4.91. The summed E-state index contributed by atoms with van der Waals surface area (Å²) in [5.41, 5.74) is 1.29. The minimum absolute atomic E-state index is 0.0621.